The second-order valence-electron chi connectivity index (χ2n) is 3.89. The Labute approximate surface area is 121 Å². The largest absolute Gasteiger partial charge is 0.490 e. The molecule has 0 saturated heterocycles. The molecule has 4 heteroatoms. The molecule has 1 aromatic carbocycles. The van der Waals surface area contributed by atoms with E-state index in [0.717, 1.165) is 5.56 Å². The molecule has 0 unspecified atom stereocenters. The van der Waals surface area contributed by atoms with Crippen LogP contribution in [-0.2, 0) is 0 Å². The molecule has 0 aliphatic carbocycles. The van der Waals surface area contributed by atoms with Crippen molar-refractivity contribution in [1.82, 2.24) is 0 Å². The van der Waals surface area contributed by atoms with Crippen molar-refractivity contribution < 1.29 is 18.9 Å². The Bertz CT molecular complexity index is 441. The second kappa shape index (κ2) is 8.35. The van der Waals surface area contributed by atoms with Crippen molar-refractivity contribution in [2.75, 3.05) is 26.4 Å². The zero-order valence-corrected chi connectivity index (χ0v) is 12.8. The molecule has 0 fully saturated rings. The smallest absolute Gasteiger partial charge is 0.208 e. The summed E-state index contributed by atoms with van der Waals surface area (Å²) in [5.74, 6) is 2.47. The summed E-state index contributed by atoms with van der Waals surface area (Å²) in [6.45, 7) is 13.7. The predicted octanol–water partition coefficient (Wildman–Crippen LogP) is 3.92. The highest BCUT2D eigenvalue weighted by molar-refractivity contribution is 5.70. The van der Waals surface area contributed by atoms with E-state index in [1.165, 1.54) is 0 Å². The van der Waals surface area contributed by atoms with E-state index >= 15 is 0 Å². The van der Waals surface area contributed by atoms with Gasteiger partial charge in [-0.05, 0) is 33.8 Å². The quantitative estimate of drug-likeness (QED) is 0.687. The highest BCUT2D eigenvalue weighted by Crippen LogP contribution is 2.47. The second-order valence-corrected chi connectivity index (χ2v) is 3.89. The van der Waals surface area contributed by atoms with E-state index in [4.69, 9.17) is 18.9 Å². The van der Waals surface area contributed by atoms with Gasteiger partial charge in [0.25, 0.3) is 0 Å². The van der Waals surface area contributed by atoms with Gasteiger partial charge < -0.3 is 18.9 Å². The average Bonchev–Trinajstić information content (AvgIpc) is 2.45. The molecule has 0 bridgehead atoms. The van der Waals surface area contributed by atoms with Gasteiger partial charge in [-0.1, -0.05) is 12.7 Å². The molecule has 0 aromatic heterocycles. The minimum absolute atomic E-state index is 0.520. The summed E-state index contributed by atoms with van der Waals surface area (Å²) < 4.78 is 22.8. The molecular weight excluding hydrogens is 256 g/mol. The van der Waals surface area contributed by atoms with Gasteiger partial charge in [-0.15, -0.1) is 0 Å². The maximum atomic E-state index is 5.72. The van der Waals surface area contributed by atoms with Crippen LogP contribution in [0.15, 0.2) is 12.6 Å². The molecule has 0 atom stereocenters. The normalized spacial score (nSPS) is 10.0. The molecule has 1 aromatic rings. The van der Waals surface area contributed by atoms with Gasteiger partial charge in [-0.3, -0.25) is 0 Å². The average molecular weight is 280 g/mol. The molecule has 1 rings (SSSR count). The van der Waals surface area contributed by atoms with Gasteiger partial charge in [-0.2, -0.15) is 0 Å². The molecule has 0 aliphatic heterocycles. The topological polar surface area (TPSA) is 36.9 Å². The first-order valence-corrected chi connectivity index (χ1v) is 7.07. The summed E-state index contributed by atoms with van der Waals surface area (Å²) in [6, 6.07) is 1.87. The van der Waals surface area contributed by atoms with E-state index in [2.05, 4.69) is 6.58 Å². The minimum atomic E-state index is 0.520. The summed E-state index contributed by atoms with van der Waals surface area (Å²) in [4.78, 5) is 0. The third-order valence-corrected chi connectivity index (χ3v) is 2.57. The summed E-state index contributed by atoms with van der Waals surface area (Å²) in [5.41, 5.74) is 0.835. The molecule has 0 spiro atoms. The van der Waals surface area contributed by atoms with Crippen LogP contribution in [0, 0.1) is 0 Å². The fourth-order valence-electron chi connectivity index (χ4n) is 1.88. The number of hydrogen-bond acceptors (Lipinski definition) is 4. The van der Waals surface area contributed by atoms with Gasteiger partial charge in [-0.25, -0.2) is 0 Å². The first-order valence-electron chi connectivity index (χ1n) is 7.07. The predicted molar refractivity (Wildman–Crippen MR) is 81.2 cm³/mol. The number of ether oxygens (including phenoxy) is 4. The van der Waals surface area contributed by atoms with Crippen LogP contribution in [0.4, 0.5) is 0 Å². The number of benzene rings is 1. The van der Waals surface area contributed by atoms with Crippen LogP contribution in [0.1, 0.15) is 33.3 Å². The number of rotatable bonds is 9. The Kier molecular flexibility index (Phi) is 6.77. The van der Waals surface area contributed by atoms with Gasteiger partial charge >= 0.3 is 0 Å². The van der Waals surface area contributed by atoms with Crippen LogP contribution < -0.4 is 18.9 Å². The zero-order chi connectivity index (χ0) is 15.0. The van der Waals surface area contributed by atoms with E-state index in [1.54, 1.807) is 6.08 Å². The van der Waals surface area contributed by atoms with Crippen LogP contribution in [0.5, 0.6) is 23.0 Å². The molecule has 0 radical (unpaired) electrons. The molecular formula is C16H24O4. The standard InChI is InChI=1S/C16H24O4/c1-6-12-11-13(17-7-2)15(19-9-4)16(20-10-5)14(12)18-8-3/h6,11H,1,7-10H2,2-5H3. The SMILES string of the molecule is C=Cc1cc(OCC)c(OCC)c(OCC)c1OCC. The highest BCUT2D eigenvalue weighted by atomic mass is 16.6. The first kappa shape index (κ1) is 16.2. The van der Waals surface area contributed by atoms with Crippen molar-refractivity contribution in [1.29, 1.82) is 0 Å². The lowest BCUT2D eigenvalue weighted by Gasteiger charge is -2.20. The summed E-state index contributed by atoms with van der Waals surface area (Å²) in [6.07, 6.45) is 1.73. The van der Waals surface area contributed by atoms with Gasteiger partial charge in [0.1, 0.15) is 0 Å². The Balaban J connectivity index is 3.47. The van der Waals surface area contributed by atoms with E-state index in [9.17, 15) is 0 Å². The van der Waals surface area contributed by atoms with Crippen molar-refractivity contribution in [3.05, 3.63) is 18.2 Å². The van der Waals surface area contributed by atoms with Crippen LogP contribution >= 0.6 is 0 Å². The van der Waals surface area contributed by atoms with Crippen molar-refractivity contribution in [3.8, 4) is 23.0 Å². The highest BCUT2D eigenvalue weighted by Gasteiger charge is 2.21. The van der Waals surface area contributed by atoms with E-state index < -0.39 is 0 Å². The van der Waals surface area contributed by atoms with E-state index in [1.807, 2.05) is 33.8 Å². The number of hydrogen-bond donors (Lipinski definition) is 0. The van der Waals surface area contributed by atoms with Gasteiger partial charge in [0.2, 0.25) is 11.5 Å². The van der Waals surface area contributed by atoms with E-state index in [0.29, 0.717) is 49.4 Å². The van der Waals surface area contributed by atoms with Crippen molar-refractivity contribution in [3.63, 3.8) is 0 Å². The lowest BCUT2D eigenvalue weighted by molar-refractivity contribution is 0.244. The Morgan fingerprint density at radius 3 is 1.80 bits per heavy atom. The summed E-state index contributed by atoms with van der Waals surface area (Å²) in [5, 5.41) is 0. The Hall–Kier alpha value is -1.84. The minimum Gasteiger partial charge on any atom is -0.490 e. The zero-order valence-electron chi connectivity index (χ0n) is 12.8. The van der Waals surface area contributed by atoms with Gasteiger partial charge in [0.15, 0.2) is 11.5 Å². The lowest BCUT2D eigenvalue weighted by Crippen LogP contribution is -2.06. The van der Waals surface area contributed by atoms with Gasteiger partial charge in [0.05, 0.1) is 26.4 Å². The molecule has 0 aliphatic rings. The monoisotopic (exact) mass is 280 g/mol. The molecule has 0 amide bonds. The third kappa shape index (κ3) is 3.59. The Morgan fingerprint density at radius 1 is 0.800 bits per heavy atom. The summed E-state index contributed by atoms with van der Waals surface area (Å²) >= 11 is 0. The van der Waals surface area contributed by atoms with E-state index in [-0.39, 0.29) is 0 Å². The molecule has 4 nitrogen and oxygen atoms in total. The van der Waals surface area contributed by atoms with Crippen LogP contribution in [-0.4, -0.2) is 26.4 Å². The fourth-order valence-corrected chi connectivity index (χ4v) is 1.88. The summed E-state index contributed by atoms with van der Waals surface area (Å²) in [7, 11) is 0. The van der Waals surface area contributed by atoms with Crippen LogP contribution in [0.3, 0.4) is 0 Å². The third-order valence-electron chi connectivity index (χ3n) is 2.57. The maximum absolute atomic E-state index is 5.72. The van der Waals surface area contributed by atoms with Crippen LogP contribution in [0.25, 0.3) is 6.08 Å². The lowest BCUT2D eigenvalue weighted by atomic mass is 10.1. The molecule has 20 heavy (non-hydrogen) atoms. The molecule has 0 heterocycles. The fraction of sp³-hybridized carbons (Fsp3) is 0.500. The van der Waals surface area contributed by atoms with Crippen LogP contribution in [0.2, 0.25) is 0 Å². The van der Waals surface area contributed by atoms with Crippen molar-refractivity contribution in [2.24, 2.45) is 0 Å². The van der Waals surface area contributed by atoms with Crippen molar-refractivity contribution in [2.45, 2.75) is 27.7 Å². The van der Waals surface area contributed by atoms with Crippen molar-refractivity contribution >= 4 is 6.08 Å². The molecule has 0 saturated carbocycles. The Morgan fingerprint density at radius 2 is 1.30 bits per heavy atom. The molecule has 0 N–H and O–H groups in total. The first-order chi connectivity index (χ1) is 9.73. The maximum Gasteiger partial charge on any atom is 0.208 e. The van der Waals surface area contributed by atoms with Gasteiger partial charge in [0, 0.05) is 5.56 Å². The molecule has 112 valence electrons.